The van der Waals surface area contributed by atoms with Crippen LogP contribution in [0.5, 0.6) is 0 Å². The Balaban J connectivity index is 4.24. The fraction of sp³-hybridized carbons (Fsp3) is 0.794. The zero-order valence-corrected chi connectivity index (χ0v) is 45.8. The number of esters is 3. The molecule has 0 radical (unpaired) electrons. The van der Waals surface area contributed by atoms with Crippen LogP contribution in [0.4, 0.5) is 0 Å². The van der Waals surface area contributed by atoms with Crippen molar-refractivity contribution in [1.29, 1.82) is 0 Å². The minimum Gasteiger partial charge on any atom is -0.462 e. The Morgan fingerprint density at radius 3 is 0.899 bits per heavy atom. The molecule has 6 nitrogen and oxygen atoms in total. The third kappa shape index (κ3) is 55.9. The molecular weight excluding hydrogens is 853 g/mol. The quantitative estimate of drug-likeness (QED) is 0.0262. The molecule has 400 valence electrons. The van der Waals surface area contributed by atoms with Crippen LogP contribution < -0.4 is 0 Å². The van der Waals surface area contributed by atoms with E-state index in [0.29, 0.717) is 19.3 Å². The Hall–Kier alpha value is -2.89. The molecule has 6 heteroatoms. The largest absolute Gasteiger partial charge is 0.462 e. The lowest BCUT2D eigenvalue weighted by molar-refractivity contribution is -0.167. The fourth-order valence-electron chi connectivity index (χ4n) is 8.55. The van der Waals surface area contributed by atoms with Crippen LogP contribution in [0.15, 0.2) is 60.8 Å². The lowest BCUT2D eigenvalue weighted by Gasteiger charge is -2.18. The van der Waals surface area contributed by atoms with E-state index in [0.717, 1.165) is 96.3 Å². The van der Waals surface area contributed by atoms with Crippen LogP contribution >= 0.6 is 0 Å². The van der Waals surface area contributed by atoms with Gasteiger partial charge in [-0.05, 0) is 83.5 Å². The lowest BCUT2D eigenvalue weighted by Crippen LogP contribution is -2.30. The average Bonchev–Trinajstić information content (AvgIpc) is 3.35. The Morgan fingerprint density at radius 1 is 0.304 bits per heavy atom. The van der Waals surface area contributed by atoms with Crippen molar-refractivity contribution in [3.8, 4) is 0 Å². The van der Waals surface area contributed by atoms with E-state index in [-0.39, 0.29) is 31.1 Å². The van der Waals surface area contributed by atoms with Gasteiger partial charge in [0.1, 0.15) is 13.2 Å². The zero-order chi connectivity index (χ0) is 50.0. The van der Waals surface area contributed by atoms with Crippen LogP contribution in [0.2, 0.25) is 0 Å². The van der Waals surface area contributed by atoms with Gasteiger partial charge in [0.15, 0.2) is 6.10 Å². The van der Waals surface area contributed by atoms with Gasteiger partial charge in [-0.3, -0.25) is 14.4 Å². The second-order valence-electron chi connectivity index (χ2n) is 19.9. The summed E-state index contributed by atoms with van der Waals surface area (Å²) in [6.45, 7) is 6.52. The first kappa shape index (κ1) is 66.1. The van der Waals surface area contributed by atoms with E-state index >= 15 is 0 Å². The van der Waals surface area contributed by atoms with Gasteiger partial charge in [0.25, 0.3) is 0 Å². The first-order valence-corrected chi connectivity index (χ1v) is 29.8. The highest BCUT2D eigenvalue weighted by Gasteiger charge is 2.19. The molecule has 0 aromatic carbocycles. The smallest absolute Gasteiger partial charge is 0.306 e. The Bertz CT molecular complexity index is 1250. The molecule has 0 fully saturated rings. The highest BCUT2D eigenvalue weighted by Crippen LogP contribution is 2.16. The van der Waals surface area contributed by atoms with Crippen LogP contribution in [-0.2, 0) is 28.6 Å². The first-order valence-electron chi connectivity index (χ1n) is 29.8. The Labute approximate surface area is 428 Å². The van der Waals surface area contributed by atoms with Crippen LogP contribution in [0, 0.1) is 0 Å². The maximum Gasteiger partial charge on any atom is 0.306 e. The summed E-state index contributed by atoms with van der Waals surface area (Å²) in [5, 5.41) is 0. The summed E-state index contributed by atoms with van der Waals surface area (Å²) < 4.78 is 16.8. The number of ether oxygens (including phenoxy) is 3. The molecule has 0 rings (SSSR count). The molecule has 0 aliphatic rings. The van der Waals surface area contributed by atoms with Crippen molar-refractivity contribution in [3.63, 3.8) is 0 Å². The molecule has 0 amide bonds. The maximum atomic E-state index is 12.8. The highest BCUT2D eigenvalue weighted by molar-refractivity contribution is 5.71. The Kier molecular flexibility index (Phi) is 55.3. The molecule has 69 heavy (non-hydrogen) atoms. The number of allylic oxidation sites excluding steroid dienone is 10. The summed E-state index contributed by atoms with van der Waals surface area (Å²) in [4.78, 5) is 38.1. The summed E-state index contributed by atoms with van der Waals surface area (Å²) in [7, 11) is 0. The molecule has 0 aliphatic heterocycles. The third-order valence-electron chi connectivity index (χ3n) is 13.0. The molecule has 1 atom stereocenters. The number of hydrogen-bond donors (Lipinski definition) is 0. The van der Waals surface area contributed by atoms with Crippen LogP contribution in [0.3, 0.4) is 0 Å². The van der Waals surface area contributed by atoms with E-state index in [9.17, 15) is 14.4 Å². The van der Waals surface area contributed by atoms with Gasteiger partial charge in [-0.25, -0.2) is 0 Å². The van der Waals surface area contributed by atoms with Crippen molar-refractivity contribution in [1.82, 2.24) is 0 Å². The van der Waals surface area contributed by atoms with Gasteiger partial charge in [0.2, 0.25) is 0 Å². The van der Waals surface area contributed by atoms with E-state index in [4.69, 9.17) is 14.2 Å². The van der Waals surface area contributed by atoms with Crippen molar-refractivity contribution >= 4 is 17.9 Å². The number of hydrogen-bond acceptors (Lipinski definition) is 6. The molecule has 0 saturated heterocycles. The minimum absolute atomic E-state index is 0.0780. The summed E-state index contributed by atoms with van der Waals surface area (Å²) in [6.07, 6.45) is 72.3. The van der Waals surface area contributed by atoms with Gasteiger partial charge in [0, 0.05) is 19.3 Å². The SMILES string of the molecule is CC/C=C\C/C=C\C/C=C\C/C=C\CCCCCCCCC(=O)OC(COC(=O)CCCCCCCCCCC)COC(=O)CCCCCCCCCCCCC/C=C\CCCCCCCCCC. The Morgan fingerprint density at radius 2 is 0.565 bits per heavy atom. The van der Waals surface area contributed by atoms with Gasteiger partial charge in [-0.1, -0.05) is 261 Å². The number of rotatable bonds is 54. The van der Waals surface area contributed by atoms with Gasteiger partial charge >= 0.3 is 17.9 Å². The van der Waals surface area contributed by atoms with Crippen LogP contribution in [0.1, 0.15) is 303 Å². The summed E-state index contributed by atoms with van der Waals surface area (Å²) in [6, 6.07) is 0. The monoisotopic (exact) mass is 965 g/mol. The predicted molar refractivity (Wildman–Crippen MR) is 298 cm³/mol. The van der Waals surface area contributed by atoms with Crippen LogP contribution in [0.25, 0.3) is 0 Å². The summed E-state index contributed by atoms with van der Waals surface area (Å²) >= 11 is 0. The summed E-state index contributed by atoms with van der Waals surface area (Å²) in [5.41, 5.74) is 0. The number of carbonyl (C=O) groups excluding carboxylic acids is 3. The summed E-state index contributed by atoms with van der Waals surface area (Å²) in [5.74, 6) is -0.884. The maximum absolute atomic E-state index is 12.8. The molecule has 0 spiro atoms. The van der Waals surface area contributed by atoms with Crippen molar-refractivity contribution in [2.24, 2.45) is 0 Å². The second kappa shape index (κ2) is 57.7. The van der Waals surface area contributed by atoms with Crippen molar-refractivity contribution in [2.45, 2.75) is 309 Å². The zero-order valence-electron chi connectivity index (χ0n) is 45.8. The van der Waals surface area contributed by atoms with E-state index < -0.39 is 6.10 Å². The second-order valence-corrected chi connectivity index (χ2v) is 19.9. The average molecular weight is 966 g/mol. The van der Waals surface area contributed by atoms with E-state index in [2.05, 4.69) is 81.5 Å². The van der Waals surface area contributed by atoms with Crippen molar-refractivity contribution in [3.05, 3.63) is 60.8 Å². The molecule has 0 N–H and O–H groups in total. The third-order valence-corrected chi connectivity index (χ3v) is 13.0. The molecule has 0 aliphatic carbocycles. The molecule has 0 aromatic heterocycles. The van der Waals surface area contributed by atoms with E-state index in [1.54, 1.807) is 0 Å². The molecule has 1 unspecified atom stereocenters. The number of carbonyl (C=O) groups is 3. The molecular formula is C63H112O6. The van der Waals surface area contributed by atoms with Crippen molar-refractivity contribution in [2.75, 3.05) is 13.2 Å². The first-order chi connectivity index (χ1) is 34.0. The predicted octanol–water partition coefficient (Wildman–Crippen LogP) is 20.0. The highest BCUT2D eigenvalue weighted by atomic mass is 16.6. The fourth-order valence-corrected chi connectivity index (χ4v) is 8.55. The van der Waals surface area contributed by atoms with Crippen LogP contribution in [-0.4, -0.2) is 37.2 Å². The normalized spacial score (nSPS) is 12.4. The molecule has 0 aromatic rings. The van der Waals surface area contributed by atoms with Gasteiger partial charge in [0.05, 0.1) is 0 Å². The lowest BCUT2D eigenvalue weighted by atomic mass is 10.0. The topological polar surface area (TPSA) is 78.9 Å². The molecule has 0 saturated carbocycles. The number of unbranched alkanes of at least 4 members (excludes halogenated alkanes) is 33. The van der Waals surface area contributed by atoms with Gasteiger partial charge in [-0.15, -0.1) is 0 Å². The minimum atomic E-state index is -0.780. The van der Waals surface area contributed by atoms with E-state index in [1.807, 2.05) is 0 Å². The molecule has 0 heterocycles. The van der Waals surface area contributed by atoms with Gasteiger partial charge < -0.3 is 14.2 Å². The van der Waals surface area contributed by atoms with Gasteiger partial charge in [-0.2, -0.15) is 0 Å². The molecule has 0 bridgehead atoms. The standard InChI is InChI=1S/C63H112O6/c1-4-7-10-13-16-19-21-23-25-27-29-30-31-32-34-35-37-39-41-44-47-50-53-56-62(65)68-59-60(58-67-61(64)55-52-49-46-43-18-15-12-9-6-3)69-63(66)57-54-51-48-45-42-40-38-36-33-28-26-24-22-20-17-14-11-8-5-2/h8,11,17,20,24,26-27,29,33,36,60H,4-7,9-10,12-16,18-19,21-23,25,28,30-32,34-35,37-59H2,1-3H3/b11-8-,20-17-,26-24-,29-27-,36-33-. The van der Waals surface area contributed by atoms with Crippen molar-refractivity contribution < 1.29 is 28.6 Å². The van der Waals surface area contributed by atoms with E-state index in [1.165, 1.54) is 167 Å².